The Balaban J connectivity index is 0.000000196. The van der Waals surface area contributed by atoms with Crippen molar-refractivity contribution in [2.45, 2.75) is 102 Å². The largest absolute Gasteiger partial charge is 0.480 e. The van der Waals surface area contributed by atoms with Crippen LogP contribution in [0.3, 0.4) is 0 Å². The first-order chi connectivity index (χ1) is 31.3. The van der Waals surface area contributed by atoms with Crippen LogP contribution in [-0.4, -0.2) is 113 Å². The molecule has 0 aromatic heterocycles. The molecule has 8 rings (SSSR count). The molecule has 2 aliphatic carbocycles. The summed E-state index contributed by atoms with van der Waals surface area (Å²) in [5.41, 5.74) is 13.0. The molecule has 0 saturated carbocycles. The minimum Gasteiger partial charge on any atom is -0.480 e. The van der Waals surface area contributed by atoms with Gasteiger partial charge in [0.05, 0.1) is 12.1 Å². The van der Waals surface area contributed by atoms with Crippen molar-refractivity contribution in [2.24, 2.45) is 5.73 Å². The van der Waals surface area contributed by atoms with Crippen molar-refractivity contribution in [1.29, 1.82) is 0 Å². The number of nitrogens with two attached hydrogens (primary N) is 1. The molecule has 0 bridgehead atoms. The van der Waals surface area contributed by atoms with E-state index < -0.39 is 71.6 Å². The smallest absolute Gasteiger partial charge is 0.411 e. The number of hydrogen-bond acceptors (Lipinski definition) is 10. The summed E-state index contributed by atoms with van der Waals surface area (Å²) >= 11 is 0. The molecule has 2 saturated heterocycles. The summed E-state index contributed by atoms with van der Waals surface area (Å²) in [6, 6.07) is 29.4. The normalized spacial score (nSPS) is 19.5. The van der Waals surface area contributed by atoms with Crippen molar-refractivity contribution in [3.8, 4) is 22.3 Å². The number of carbonyl (C=O) groups excluding carboxylic acids is 5. The maximum Gasteiger partial charge on any atom is 0.411 e. The average Bonchev–Trinajstić information content (AvgIpc) is 4.03. The lowest BCUT2D eigenvalue weighted by atomic mass is 9.98. The Hall–Kier alpha value is -7.10. The fraction of sp³-hybridized carbons (Fsp3) is 0.400. The van der Waals surface area contributed by atoms with Crippen molar-refractivity contribution < 1.29 is 52.8 Å². The van der Waals surface area contributed by atoms with Crippen LogP contribution in [0, 0.1) is 0 Å². The van der Waals surface area contributed by atoms with Crippen LogP contribution in [0.15, 0.2) is 97.1 Å². The summed E-state index contributed by atoms with van der Waals surface area (Å²) in [5, 5.41) is 15.0. The number of alkyl carbamates (subject to hydrolysis) is 2. The van der Waals surface area contributed by atoms with Gasteiger partial charge in [-0.3, -0.25) is 14.6 Å². The first-order valence-corrected chi connectivity index (χ1v) is 22.0. The fourth-order valence-electron chi connectivity index (χ4n) is 9.04. The number of hydrogen-bond donors (Lipinski definition) is 4. The molecule has 4 aliphatic rings. The number of carboxylic acids is 1. The van der Waals surface area contributed by atoms with Crippen LogP contribution >= 0.6 is 0 Å². The number of amides is 5. The predicted octanol–water partition coefficient (Wildman–Crippen LogP) is 7.38. The van der Waals surface area contributed by atoms with Gasteiger partial charge in [0.25, 0.3) is 0 Å². The van der Waals surface area contributed by atoms with Gasteiger partial charge in [-0.05, 0) is 92.5 Å². The molecule has 5 amide bonds. The summed E-state index contributed by atoms with van der Waals surface area (Å²) in [5.74, 6) is -1.91. The van der Waals surface area contributed by atoms with Gasteiger partial charge >= 0.3 is 30.3 Å². The van der Waals surface area contributed by atoms with Gasteiger partial charge in [-0.15, -0.1) is 0 Å². The van der Waals surface area contributed by atoms with Crippen LogP contribution in [0.5, 0.6) is 0 Å². The molecule has 66 heavy (non-hydrogen) atoms. The third kappa shape index (κ3) is 10.7. The molecule has 5 N–H and O–H groups in total. The maximum atomic E-state index is 12.6. The van der Waals surface area contributed by atoms with Crippen LogP contribution in [0.2, 0.25) is 0 Å². The molecule has 0 unspecified atom stereocenters. The Labute approximate surface area is 383 Å². The molecule has 16 nitrogen and oxygen atoms in total. The Morgan fingerprint density at radius 1 is 0.561 bits per heavy atom. The third-order valence-corrected chi connectivity index (χ3v) is 11.8. The monoisotopic (exact) mass is 903 g/mol. The van der Waals surface area contributed by atoms with Gasteiger partial charge in [0, 0.05) is 31.3 Å². The number of likely N-dealkylation sites (tertiary alicyclic amines) is 2. The van der Waals surface area contributed by atoms with E-state index in [0.29, 0.717) is 0 Å². The van der Waals surface area contributed by atoms with E-state index >= 15 is 0 Å². The van der Waals surface area contributed by atoms with Gasteiger partial charge in [-0.2, -0.15) is 0 Å². The zero-order valence-electron chi connectivity index (χ0n) is 37.9. The zero-order valence-corrected chi connectivity index (χ0v) is 37.9. The van der Waals surface area contributed by atoms with E-state index in [9.17, 15) is 33.9 Å². The second kappa shape index (κ2) is 19.2. The standard InChI is InChI=1S/C25H29N3O5.C25H28N2O6/c1-25(2,3)33-24(31)28-13-15(12-21(28)22(26)29)27-23(30)32-14-20-18-10-6-4-8-16(18)17-9-5-7-11-19(17)20;1-25(2,3)33-24(31)27-13-15(12-21(27)22(28)29)26-23(30)32-14-20-18-10-6-4-8-16(18)17-9-5-7-11-19(17)20/h4-11,15,20-21H,12-14H2,1-3H3,(H2,26,29)(H,27,30);4-11,15,20-21H,12-14H2,1-3H3,(H,26,30)(H,28,29)/t2*15-,21+/m11/s1. The molecular weight excluding hydrogens is 847 g/mol. The summed E-state index contributed by atoms with van der Waals surface area (Å²) in [7, 11) is 0. The van der Waals surface area contributed by atoms with Crippen LogP contribution in [0.4, 0.5) is 19.2 Å². The van der Waals surface area contributed by atoms with E-state index in [1.807, 2.05) is 60.7 Å². The van der Waals surface area contributed by atoms with Crippen LogP contribution in [0.25, 0.3) is 22.3 Å². The fourth-order valence-corrected chi connectivity index (χ4v) is 9.04. The van der Waals surface area contributed by atoms with Crippen molar-refractivity contribution in [3.63, 3.8) is 0 Å². The number of fused-ring (bicyclic) bond motifs is 6. The number of nitrogens with zero attached hydrogens (tertiary/aromatic N) is 2. The number of carbonyl (C=O) groups is 6. The van der Waals surface area contributed by atoms with Crippen LogP contribution in [-0.2, 0) is 28.5 Å². The number of primary amides is 1. The second-order valence-corrected chi connectivity index (χ2v) is 18.8. The minimum absolute atomic E-state index is 0.0378. The maximum absolute atomic E-state index is 12.6. The van der Waals surface area contributed by atoms with Gasteiger partial charge in [0.2, 0.25) is 5.91 Å². The first-order valence-electron chi connectivity index (χ1n) is 22.0. The Bertz CT molecular complexity index is 2230. The summed E-state index contributed by atoms with van der Waals surface area (Å²) in [6.07, 6.45) is -2.31. The Kier molecular flexibility index (Phi) is 13.6. The Morgan fingerprint density at radius 2 is 0.879 bits per heavy atom. The highest BCUT2D eigenvalue weighted by Crippen LogP contribution is 2.45. The highest BCUT2D eigenvalue weighted by molar-refractivity contribution is 5.86. The van der Waals surface area contributed by atoms with E-state index in [-0.39, 0.29) is 51.0 Å². The first kappa shape index (κ1) is 46.9. The van der Waals surface area contributed by atoms with Crippen LogP contribution < -0.4 is 16.4 Å². The topological polar surface area (TPSA) is 216 Å². The number of rotatable bonds is 8. The van der Waals surface area contributed by atoms with Crippen molar-refractivity contribution in [2.75, 3.05) is 26.3 Å². The summed E-state index contributed by atoms with van der Waals surface area (Å²) < 4.78 is 21.8. The van der Waals surface area contributed by atoms with E-state index in [0.717, 1.165) is 49.4 Å². The Morgan fingerprint density at radius 3 is 1.20 bits per heavy atom. The number of nitrogens with one attached hydrogen (secondary N) is 2. The van der Waals surface area contributed by atoms with Crippen molar-refractivity contribution >= 4 is 36.2 Å². The molecule has 348 valence electrons. The number of benzene rings is 4. The lowest BCUT2D eigenvalue weighted by Gasteiger charge is -2.27. The molecule has 0 radical (unpaired) electrons. The quantitative estimate of drug-likeness (QED) is 0.128. The third-order valence-electron chi connectivity index (χ3n) is 11.8. The van der Waals surface area contributed by atoms with E-state index in [4.69, 9.17) is 24.7 Å². The number of ether oxygens (including phenoxy) is 4. The van der Waals surface area contributed by atoms with Crippen molar-refractivity contribution in [1.82, 2.24) is 20.4 Å². The molecule has 0 spiro atoms. The van der Waals surface area contributed by atoms with Gasteiger partial charge in [0.1, 0.15) is 36.5 Å². The molecule has 2 heterocycles. The highest BCUT2D eigenvalue weighted by Gasteiger charge is 2.43. The molecule has 4 aromatic rings. The lowest BCUT2D eigenvalue weighted by molar-refractivity contribution is -0.142. The lowest BCUT2D eigenvalue weighted by Crippen LogP contribution is -2.46. The predicted molar refractivity (Wildman–Crippen MR) is 244 cm³/mol. The van der Waals surface area contributed by atoms with Gasteiger partial charge < -0.3 is 40.4 Å². The van der Waals surface area contributed by atoms with Crippen LogP contribution in [0.1, 0.15) is 88.5 Å². The summed E-state index contributed by atoms with van der Waals surface area (Å²) in [4.78, 5) is 76.0. The molecule has 4 atom stereocenters. The minimum atomic E-state index is -1.14. The second-order valence-electron chi connectivity index (χ2n) is 18.8. The highest BCUT2D eigenvalue weighted by atomic mass is 16.6. The van der Waals surface area contributed by atoms with E-state index in [2.05, 4.69) is 47.0 Å². The number of carboxylic acid groups (broad SMARTS) is 1. The average molecular weight is 904 g/mol. The summed E-state index contributed by atoms with van der Waals surface area (Å²) in [6.45, 7) is 10.9. The van der Waals surface area contributed by atoms with E-state index in [1.165, 1.54) is 4.90 Å². The SMILES string of the molecule is CC(C)(C)OC(=O)N1C[C@H](NC(=O)OCC2c3ccccc3-c3ccccc32)C[C@H]1C(=O)O.CC(C)(C)OC(=O)N1C[C@H](NC(=O)OCC2c3ccccc3-c3ccccc32)C[C@H]1C(N)=O. The van der Waals surface area contributed by atoms with Gasteiger partial charge in [0.15, 0.2) is 0 Å². The zero-order chi connectivity index (χ0) is 47.5. The molecule has 2 fully saturated rings. The molecule has 16 heteroatoms. The molecular formula is C50H57N5O11. The van der Waals surface area contributed by atoms with Crippen molar-refractivity contribution in [3.05, 3.63) is 119 Å². The van der Waals surface area contributed by atoms with Gasteiger partial charge in [-0.1, -0.05) is 97.1 Å². The molecule has 4 aromatic carbocycles. The molecule has 2 aliphatic heterocycles. The van der Waals surface area contributed by atoms with E-state index in [1.54, 1.807) is 41.5 Å². The van der Waals surface area contributed by atoms with Gasteiger partial charge in [-0.25, -0.2) is 24.0 Å². The number of aliphatic carboxylic acids is 1.